The van der Waals surface area contributed by atoms with Crippen molar-refractivity contribution in [1.82, 2.24) is 14.8 Å². The number of hydrogen-bond acceptors (Lipinski definition) is 4. The third-order valence-electron chi connectivity index (χ3n) is 3.09. The van der Waals surface area contributed by atoms with E-state index in [2.05, 4.69) is 4.98 Å². The average Bonchev–Trinajstić information content (AvgIpc) is 2.47. The lowest BCUT2D eigenvalue weighted by molar-refractivity contribution is 0.0570. The molecule has 0 N–H and O–H groups in total. The van der Waals surface area contributed by atoms with Crippen LogP contribution in [0.5, 0.6) is 0 Å². The summed E-state index contributed by atoms with van der Waals surface area (Å²) in [6.45, 7) is 3.96. The van der Waals surface area contributed by atoms with Crippen LogP contribution in [-0.2, 0) is 4.74 Å². The highest BCUT2D eigenvalue weighted by atomic mass is 35.5. The second-order valence-electron chi connectivity index (χ2n) is 4.33. The van der Waals surface area contributed by atoms with Crippen LogP contribution in [0.3, 0.4) is 0 Å². The van der Waals surface area contributed by atoms with Crippen molar-refractivity contribution in [2.45, 2.75) is 6.92 Å². The van der Waals surface area contributed by atoms with Crippen molar-refractivity contribution >= 4 is 23.6 Å². The lowest BCUT2D eigenvalue weighted by atomic mass is 10.2. The number of amides is 2. The van der Waals surface area contributed by atoms with Crippen LogP contribution in [-0.4, -0.2) is 59.6 Å². The molecule has 2 rings (SSSR count). The van der Waals surface area contributed by atoms with Gasteiger partial charge in [-0.3, -0.25) is 9.78 Å². The monoisotopic (exact) mass is 297 g/mol. The van der Waals surface area contributed by atoms with Gasteiger partial charge in [-0.25, -0.2) is 4.79 Å². The zero-order chi connectivity index (χ0) is 14.5. The first kappa shape index (κ1) is 14.6. The first-order chi connectivity index (χ1) is 9.63. The molecular formula is C13H16ClN3O3. The van der Waals surface area contributed by atoms with Gasteiger partial charge < -0.3 is 14.5 Å². The molecule has 1 fully saturated rings. The molecule has 108 valence electrons. The smallest absolute Gasteiger partial charge is 0.409 e. The van der Waals surface area contributed by atoms with Crippen LogP contribution in [0.25, 0.3) is 0 Å². The number of nitrogens with zero attached hydrogens (tertiary/aromatic N) is 3. The van der Waals surface area contributed by atoms with Crippen LogP contribution >= 0.6 is 11.6 Å². The molecular weight excluding hydrogens is 282 g/mol. The summed E-state index contributed by atoms with van der Waals surface area (Å²) in [5.41, 5.74) is 0.388. The Labute approximate surface area is 122 Å². The van der Waals surface area contributed by atoms with Crippen LogP contribution in [0.2, 0.25) is 5.02 Å². The van der Waals surface area contributed by atoms with Crippen LogP contribution in [0.15, 0.2) is 18.5 Å². The molecule has 2 heterocycles. The summed E-state index contributed by atoms with van der Waals surface area (Å²) in [6, 6.07) is 1.59. The van der Waals surface area contributed by atoms with Gasteiger partial charge in [0.2, 0.25) is 0 Å². The topological polar surface area (TPSA) is 62.7 Å². The van der Waals surface area contributed by atoms with Gasteiger partial charge >= 0.3 is 6.09 Å². The lowest BCUT2D eigenvalue weighted by Gasteiger charge is -2.34. The Morgan fingerprint density at radius 3 is 2.55 bits per heavy atom. The zero-order valence-electron chi connectivity index (χ0n) is 11.2. The number of pyridine rings is 1. The van der Waals surface area contributed by atoms with Gasteiger partial charge in [0.05, 0.1) is 17.2 Å². The number of ether oxygens (including phenoxy) is 1. The second kappa shape index (κ2) is 6.56. The van der Waals surface area contributed by atoms with Gasteiger partial charge in [-0.1, -0.05) is 11.6 Å². The Bertz CT molecular complexity index is 501. The van der Waals surface area contributed by atoms with E-state index in [4.69, 9.17) is 16.3 Å². The Hall–Kier alpha value is -1.82. The normalized spacial score (nSPS) is 15.1. The fourth-order valence-corrected chi connectivity index (χ4v) is 2.20. The van der Waals surface area contributed by atoms with E-state index in [1.807, 2.05) is 0 Å². The first-order valence-electron chi connectivity index (χ1n) is 6.44. The van der Waals surface area contributed by atoms with E-state index in [9.17, 15) is 9.59 Å². The van der Waals surface area contributed by atoms with Crippen LogP contribution in [0.4, 0.5) is 4.79 Å². The molecule has 6 nitrogen and oxygen atoms in total. The average molecular weight is 298 g/mol. The molecule has 2 amide bonds. The van der Waals surface area contributed by atoms with Gasteiger partial charge in [0.25, 0.3) is 5.91 Å². The van der Waals surface area contributed by atoms with E-state index in [0.29, 0.717) is 43.4 Å². The van der Waals surface area contributed by atoms with Crippen molar-refractivity contribution in [3.05, 3.63) is 29.0 Å². The molecule has 0 bridgehead atoms. The molecule has 1 aliphatic rings. The quantitative estimate of drug-likeness (QED) is 0.833. The van der Waals surface area contributed by atoms with Crippen molar-refractivity contribution in [2.24, 2.45) is 0 Å². The fourth-order valence-electron chi connectivity index (χ4n) is 2.01. The van der Waals surface area contributed by atoms with E-state index >= 15 is 0 Å². The summed E-state index contributed by atoms with van der Waals surface area (Å²) in [7, 11) is 0. The van der Waals surface area contributed by atoms with Gasteiger partial charge in [0, 0.05) is 38.6 Å². The molecule has 1 aromatic heterocycles. The maximum absolute atomic E-state index is 12.3. The molecule has 0 saturated carbocycles. The second-order valence-corrected chi connectivity index (χ2v) is 4.74. The van der Waals surface area contributed by atoms with Gasteiger partial charge in [-0.05, 0) is 13.0 Å². The maximum atomic E-state index is 12.3. The Kier molecular flexibility index (Phi) is 4.79. The minimum absolute atomic E-state index is 0.161. The Morgan fingerprint density at radius 1 is 1.30 bits per heavy atom. The van der Waals surface area contributed by atoms with Crippen molar-refractivity contribution in [3.63, 3.8) is 0 Å². The van der Waals surface area contributed by atoms with E-state index in [-0.39, 0.29) is 12.0 Å². The molecule has 0 spiro atoms. The molecule has 0 aromatic carbocycles. The highest BCUT2D eigenvalue weighted by Crippen LogP contribution is 2.17. The van der Waals surface area contributed by atoms with E-state index in [1.165, 1.54) is 12.4 Å². The predicted molar refractivity (Wildman–Crippen MR) is 73.7 cm³/mol. The number of aromatic nitrogens is 1. The van der Waals surface area contributed by atoms with Crippen LogP contribution < -0.4 is 0 Å². The van der Waals surface area contributed by atoms with Crippen LogP contribution in [0, 0.1) is 0 Å². The summed E-state index contributed by atoms with van der Waals surface area (Å²) >= 11 is 5.99. The van der Waals surface area contributed by atoms with Crippen molar-refractivity contribution in [2.75, 3.05) is 32.8 Å². The predicted octanol–water partition coefficient (Wildman–Crippen LogP) is 1.65. The minimum atomic E-state index is -0.334. The summed E-state index contributed by atoms with van der Waals surface area (Å²) in [5.74, 6) is -0.161. The number of hydrogen-bond donors (Lipinski definition) is 0. The molecule has 20 heavy (non-hydrogen) atoms. The summed E-state index contributed by atoms with van der Waals surface area (Å²) in [5, 5.41) is 0.387. The van der Waals surface area contributed by atoms with Crippen molar-refractivity contribution in [1.29, 1.82) is 0 Å². The largest absolute Gasteiger partial charge is 0.450 e. The molecule has 7 heteroatoms. The molecule has 0 atom stereocenters. The fraction of sp³-hybridized carbons (Fsp3) is 0.462. The molecule has 0 radical (unpaired) electrons. The standard InChI is InChI=1S/C13H16ClN3O3/c1-2-20-13(19)17-7-5-16(6-8-17)12(18)10-9-15-4-3-11(10)14/h3-4,9H,2,5-8H2,1H3. The molecule has 0 aliphatic carbocycles. The first-order valence-corrected chi connectivity index (χ1v) is 6.81. The number of rotatable bonds is 2. The third kappa shape index (κ3) is 3.19. The molecule has 0 unspecified atom stereocenters. The van der Waals surface area contributed by atoms with E-state index in [1.54, 1.807) is 22.8 Å². The van der Waals surface area contributed by atoms with Crippen molar-refractivity contribution in [3.8, 4) is 0 Å². The van der Waals surface area contributed by atoms with Gasteiger partial charge in [0.1, 0.15) is 0 Å². The van der Waals surface area contributed by atoms with Gasteiger partial charge in [-0.2, -0.15) is 0 Å². The summed E-state index contributed by atoms with van der Waals surface area (Å²) in [6.07, 6.45) is 2.67. The SMILES string of the molecule is CCOC(=O)N1CCN(C(=O)c2cnccc2Cl)CC1. The highest BCUT2D eigenvalue weighted by molar-refractivity contribution is 6.33. The third-order valence-corrected chi connectivity index (χ3v) is 3.42. The zero-order valence-corrected chi connectivity index (χ0v) is 12.0. The lowest BCUT2D eigenvalue weighted by Crippen LogP contribution is -2.50. The van der Waals surface area contributed by atoms with E-state index in [0.717, 1.165) is 0 Å². The maximum Gasteiger partial charge on any atom is 0.409 e. The molecule has 1 aromatic rings. The van der Waals surface area contributed by atoms with E-state index < -0.39 is 0 Å². The Balaban J connectivity index is 1.96. The number of carbonyl (C=O) groups is 2. The van der Waals surface area contributed by atoms with Gasteiger partial charge in [-0.15, -0.1) is 0 Å². The van der Waals surface area contributed by atoms with Gasteiger partial charge in [0.15, 0.2) is 0 Å². The summed E-state index contributed by atoms with van der Waals surface area (Å²) in [4.78, 5) is 31.0. The Morgan fingerprint density at radius 2 is 1.95 bits per heavy atom. The summed E-state index contributed by atoms with van der Waals surface area (Å²) < 4.78 is 4.93. The number of piperazine rings is 1. The molecule has 1 saturated heterocycles. The highest BCUT2D eigenvalue weighted by Gasteiger charge is 2.26. The molecule has 1 aliphatic heterocycles. The number of halogens is 1. The minimum Gasteiger partial charge on any atom is -0.450 e. The number of carbonyl (C=O) groups excluding carboxylic acids is 2. The van der Waals surface area contributed by atoms with Crippen molar-refractivity contribution < 1.29 is 14.3 Å². The van der Waals surface area contributed by atoms with Crippen LogP contribution in [0.1, 0.15) is 17.3 Å².